The molecule has 100 valence electrons. The Morgan fingerprint density at radius 2 is 2.47 bits per heavy atom. The van der Waals surface area contributed by atoms with Crippen LogP contribution >= 0.6 is 0 Å². The molecule has 1 fully saturated rings. The van der Waals surface area contributed by atoms with Crippen LogP contribution in [-0.4, -0.2) is 42.2 Å². The van der Waals surface area contributed by atoms with E-state index in [1.165, 1.54) is 13.3 Å². The second-order valence-electron chi connectivity index (χ2n) is 4.44. The summed E-state index contributed by atoms with van der Waals surface area (Å²) in [7, 11) is 1.39. The number of carbonyl (C=O) groups excluding carboxylic acids is 1. The molecule has 1 aliphatic heterocycles. The van der Waals surface area contributed by atoms with Crippen molar-refractivity contribution in [2.75, 3.05) is 25.5 Å². The van der Waals surface area contributed by atoms with Crippen molar-refractivity contribution in [3.63, 3.8) is 0 Å². The zero-order valence-electron chi connectivity index (χ0n) is 10.8. The molecule has 1 aliphatic rings. The van der Waals surface area contributed by atoms with E-state index in [1.54, 1.807) is 17.0 Å². The van der Waals surface area contributed by atoms with Crippen LogP contribution in [0, 0.1) is 11.3 Å². The third kappa shape index (κ3) is 3.35. The number of piperidine rings is 1. The highest BCUT2D eigenvalue weighted by Crippen LogP contribution is 2.15. The largest absolute Gasteiger partial charge is 0.453 e. The first kappa shape index (κ1) is 13.1. The number of nitrogens with one attached hydrogen (secondary N) is 1. The zero-order chi connectivity index (χ0) is 13.7. The predicted octanol–water partition coefficient (Wildman–Crippen LogP) is 1.60. The van der Waals surface area contributed by atoms with Gasteiger partial charge in [0.25, 0.3) is 0 Å². The molecule has 19 heavy (non-hydrogen) atoms. The van der Waals surface area contributed by atoms with Crippen molar-refractivity contribution in [1.82, 2.24) is 9.88 Å². The van der Waals surface area contributed by atoms with E-state index in [4.69, 9.17) is 10.00 Å². The summed E-state index contributed by atoms with van der Waals surface area (Å²) in [6.45, 7) is 1.33. The minimum Gasteiger partial charge on any atom is -0.453 e. The van der Waals surface area contributed by atoms with E-state index in [9.17, 15) is 4.79 Å². The predicted molar refractivity (Wildman–Crippen MR) is 69.6 cm³/mol. The van der Waals surface area contributed by atoms with E-state index in [1.807, 2.05) is 6.07 Å². The number of methoxy groups -OCH3 is 1. The number of aromatic nitrogens is 1. The molecular weight excluding hydrogens is 244 g/mol. The molecule has 2 heterocycles. The maximum Gasteiger partial charge on any atom is 0.409 e. The third-order valence-electron chi connectivity index (χ3n) is 3.10. The van der Waals surface area contributed by atoms with Crippen LogP contribution < -0.4 is 5.32 Å². The van der Waals surface area contributed by atoms with Crippen molar-refractivity contribution in [2.24, 2.45) is 0 Å². The van der Waals surface area contributed by atoms with Crippen molar-refractivity contribution in [3.05, 3.63) is 23.9 Å². The van der Waals surface area contributed by atoms with Crippen LogP contribution in [0.3, 0.4) is 0 Å². The third-order valence-corrected chi connectivity index (χ3v) is 3.10. The van der Waals surface area contributed by atoms with Crippen LogP contribution in [0.2, 0.25) is 0 Å². The van der Waals surface area contributed by atoms with Gasteiger partial charge in [0.05, 0.1) is 12.7 Å². The molecule has 1 atom stereocenters. The van der Waals surface area contributed by atoms with E-state index in [0.29, 0.717) is 12.1 Å². The smallest absolute Gasteiger partial charge is 0.409 e. The Kier molecular flexibility index (Phi) is 4.18. The highest BCUT2D eigenvalue weighted by atomic mass is 16.5. The van der Waals surface area contributed by atoms with Gasteiger partial charge in [-0.15, -0.1) is 0 Å². The minimum absolute atomic E-state index is 0.160. The Morgan fingerprint density at radius 1 is 1.63 bits per heavy atom. The van der Waals surface area contributed by atoms with Gasteiger partial charge in [0, 0.05) is 25.3 Å². The molecule has 1 amide bonds. The van der Waals surface area contributed by atoms with Gasteiger partial charge in [0.1, 0.15) is 11.9 Å². The summed E-state index contributed by atoms with van der Waals surface area (Å²) in [5.74, 6) is 0.718. The molecular formula is C13H16N4O2. The topological polar surface area (TPSA) is 78.2 Å². The highest BCUT2D eigenvalue weighted by molar-refractivity contribution is 5.67. The summed E-state index contributed by atoms with van der Waals surface area (Å²) in [6.07, 6.45) is 3.15. The van der Waals surface area contributed by atoms with E-state index in [0.717, 1.165) is 25.2 Å². The molecule has 1 saturated heterocycles. The van der Waals surface area contributed by atoms with Gasteiger partial charge in [-0.2, -0.15) is 5.26 Å². The Bertz CT molecular complexity index is 480. The molecule has 6 heteroatoms. The monoisotopic (exact) mass is 260 g/mol. The Hall–Kier alpha value is -2.29. The number of hydrogen-bond donors (Lipinski definition) is 1. The van der Waals surface area contributed by atoms with Gasteiger partial charge < -0.3 is 15.0 Å². The van der Waals surface area contributed by atoms with Crippen LogP contribution in [0.4, 0.5) is 10.6 Å². The molecule has 0 saturated carbocycles. The van der Waals surface area contributed by atoms with Gasteiger partial charge in [-0.1, -0.05) is 0 Å². The lowest BCUT2D eigenvalue weighted by atomic mass is 10.1. The number of pyridine rings is 1. The van der Waals surface area contributed by atoms with Crippen molar-refractivity contribution < 1.29 is 9.53 Å². The lowest BCUT2D eigenvalue weighted by Crippen LogP contribution is -2.45. The fourth-order valence-electron chi connectivity index (χ4n) is 2.14. The fraction of sp³-hybridized carbons (Fsp3) is 0.462. The van der Waals surface area contributed by atoms with Crippen molar-refractivity contribution in [1.29, 1.82) is 5.26 Å². The average Bonchev–Trinajstić information content (AvgIpc) is 2.47. The first-order valence-electron chi connectivity index (χ1n) is 6.18. The van der Waals surface area contributed by atoms with Gasteiger partial charge in [0.2, 0.25) is 0 Å². The number of likely N-dealkylation sites (tertiary alicyclic amines) is 1. The van der Waals surface area contributed by atoms with E-state index < -0.39 is 0 Å². The molecule has 0 aromatic carbocycles. The van der Waals surface area contributed by atoms with Gasteiger partial charge in [-0.3, -0.25) is 0 Å². The van der Waals surface area contributed by atoms with Crippen molar-refractivity contribution in [2.45, 2.75) is 18.9 Å². The van der Waals surface area contributed by atoms with Crippen LogP contribution in [0.25, 0.3) is 0 Å². The summed E-state index contributed by atoms with van der Waals surface area (Å²) in [6, 6.07) is 5.68. The molecule has 1 aromatic rings. The minimum atomic E-state index is -0.292. The number of nitrogens with zero attached hydrogens (tertiary/aromatic N) is 3. The average molecular weight is 260 g/mol. The van der Waals surface area contributed by atoms with Gasteiger partial charge in [0.15, 0.2) is 0 Å². The molecule has 6 nitrogen and oxygen atoms in total. The first-order valence-corrected chi connectivity index (χ1v) is 6.18. The molecule has 2 rings (SSSR count). The number of carbonyl (C=O) groups is 1. The van der Waals surface area contributed by atoms with E-state index in [2.05, 4.69) is 10.3 Å². The molecule has 0 radical (unpaired) electrons. The summed E-state index contributed by atoms with van der Waals surface area (Å²) < 4.78 is 4.73. The number of rotatable bonds is 2. The second kappa shape index (κ2) is 6.05. The van der Waals surface area contributed by atoms with Gasteiger partial charge >= 0.3 is 6.09 Å². The molecule has 1 unspecified atom stereocenters. The maximum absolute atomic E-state index is 11.5. The van der Waals surface area contributed by atoms with E-state index >= 15 is 0 Å². The quantitative estimate of drug-likeness (QED) is 0.873. The number of anilines is 1. The SMILES string of the molecule is COC(=O)N1CCCC(Nc2ccc(C#N)cn2)C1. The molecule has 1 N–H and O–H groups in total. The van der Waals surface area contributed by atoms with Crippen molar-refractivity contribution >= 4 is 11.9 Å². The van der Waals surface area contributed by atoms with Gasteiger partial charge in [-0.05, 0) is 25.0 Å². The summed E-state index contributed by atoms with van der Waals surface area (Å²) in [5, 5.41) is 12.0. The summed E-state index contributed by atoms with van der Waals surface area (Å²) >= 11 is 0. The summed E-state index contributed by atoms with van der Waals surface area (Å²) in [4.78, 5) is 17.3. The van der Waals surface area contributed by atoms with Crippen LogP contribution in [0.1, 0.15) is 18.4 Å². The standard InChI is InChI=1S/C13H16N4O2/c1-19-13(18)17-6-2-3-11(9-17)16-12-5-4-10(7-14)8-15-12/h4-5,8,11H,2-3,6,9H2,1H3,(H,15,16). The zero-order valence-corrected chi connectivity index (χ0v) is 10.8. The first-order chi connectivity index (χ1) is 9.22. The van der Waals surface area contributed by atoms with Crippen LogP contribution in [-0.2, 0) is 4.74 Å². The Morgan fingerprint density at radius 3 is 3.11 bits per heavy atom. The van der Waals surface area contributed by atoms with Crippen LogP contribution in [0.15, 0.2) is 18.3 Å². The number of hydrogen-bond acceptors (Lipinski definition) is 5. The Labute approximate surface area is 112 Å². The van der Waals surface area contributed by atoms with Crippen molar-refractivity contribution in [3.8, 4) is 6.07 Å². The summed E-state index contributed by atoms with van der Waals surface area (Å²) in [5.41, 5.74) is 0.533. The maximum atomic E-state index is 11.5. The van der Waals surface area contributed by atoms with Gasteiger partial charge in [-0.25, -0.2) is 9.78 Å². The molecule has 0 bridgehead atoms. The van der Waals surface area contributed by atoms with Crippen LogP contribution in [0.5, 0.6) is 0 Å². The number of ether oxygens (including phenoxy) is 1. The lowest BCUT2D eigenvalue weighted by molar-refractivity contribution is 0.113. The lowest BCUT2D eigenvalue weighted by Gasteiger charge is -2.32. The van der Waals surface area contributed by atoms with E-state index in [-0.39, 0.29) is 12.1 Å². The molecule has 0 spiro atoms. The molecule has 0 aliphatic carbocycles. The highest BCUT2D eigenvalue weighted by Gasteiger charge is 2.24. The Balaban J connectivity index is 1.94. The fourth-order valence-corrected chi connectivity index (χ4v) is 2.14. The number of amides is 1. The number of nitriles is 1. The molecule has 1 aromatic heterocycles. The second-order valence-corrected chi connectivity index (χ2v) is 4.44. The normalized spacial score (nSPS) is 18.5.